The summed E-state index contributed by atoms with van der Waals surface area (Å²) in [6.45, 7) is 6.21. The molecule has 0 aliphatic carbocycles. The van der Waals surface area contributed by atoms with Gasteiger partial charge in [-0.2, -0.15) is 5.10 Å². The van der Waals surface area contributed by atoms with E-state index in [1.165, 1.54) is 11.3 Å². The first kappa shape index (κ1) is 19.8. The fraction of sp³-hybridized carbons (Fsp3) is 0.182. The van der Waals surface area contributed by atoms with E-state index in [0.29, 0.717) is 23.4 Å². The van der Waals surface area contributed by atoms with Gasteiger partial charge in [0.2, 0.25) is 5.95 Å². The molecule has 0 saturated heterocycles. The number of benzene rings is 2. The van der Waals surface area contributed by atoms with Crippen molar-refractivity contribution in [3.05, 3.63) is 69.5 Å². The van der Waals surface area contributed by atoms with Crippen molar-refractivity contribution in [1.29, 1.82) is 0 Å². The maximum atomic E-state index is 12.7. The molecule has 0 radical (unpaired) electrons. The molecule has 0 aliphatic rings. The third-order valence-corrected chi connectivity index (χ3v) is 6.06. The minimum atomic E-state index is -0.0953. The second-order valence-electron chi connectivity index (χ2n) is 6.79. The summed E-state index contributed by atoms with van der Waals surface area (Å²) in [7, 11) is 0. The SMILES string of the molecule is CCn1c(N/N=C(\C)c2sc(-c3ccc(O)cc3)nc2C)nc2ccccc2c1=O. The minimum Gasteiger partial charge on any atom is -0.508 e. The maximum Gasteiger partial charge on any atom is 0.262 e. The van der Waals surface area contributed by atoms with Crippen molar-refractivity contribution in [2.24, 2.45) is 5.10 Å². The van der Waals surface area contributed by atoms with E-state index < -0.39 is 0 Å². The molecule has 0 atom stereocenters. The number of phenolic OH excluding ortho intramolecular Hbond substituents is 1. The molecule has 0 spiro atoms. The van der Waals surface area contributed by atoms with E-state index in [1.54, 1.807) is 22.8 Å². The van der Waals surface area contributed by atoms with Gasteiger partial charge in [-0.25, -0.2) is 15.4 Å². The Balaban J connectivity index is 1.67. The van der Waals surface area contributed by atoms with E-state index in [1.807, 2.05) is 51.1 Å². The molecule has 8 heteroatoms. The lowest BCUT2D eigenvalue weighted by Gasteiger charge is -2.11. The molecule has 2 aromatic carbocycles. The molecule has 152 valence electrons. The monoisotopic (exact) mass is 419 g/mol. The number of hydrazone groups is 1. The molecule has 0 aliphatic heterocycles. The first-order valence-electron chi connectivity index (χ1n) is 9.55. The number of anilines is 1. The zero-order valence-corrected chi connectivity index (χ0v) is 17.7. The van der Waals surface area contributed by atoms with Crippen molar-refractivity contribution in [3.8, 4) is 16.3 Å². The Bertz CT molecular complexity index is 1310. The third-order valence-electron chi connectivity index (χ3n) is 4.74. The quantitative estimate of drug-likeness (QED) is 0.370. The zero-order chi connectivity index (χ0) is 21.3. The highest BCUT2D eigenvalue weighted by Crippen LogP contribution is 2.29. The van der Waals surface area contributed by atoms with Gasteiger partial charge in [-0.05, 0) is 57.2 Å². The van der Waals surface area contributed by atoms with E-state index in [0.717, 1.165) is 26.9 Å². The first-order chi connectivity index (χ1) is 14.5. The van der Waals surface area contributed by atoms with Crippen molar-refractivity contribution in [2.75, 3.05) is 5.43 Å². The molecular weight excluding hydrogens is 398 g/mol. The van der Waals surface area contributed by atoms with Gasteiger partial charge in [0.15, 0.2) is 0 Å². The number of aromatic hydroxyl groups is 1. The number of fused-ring (bicyclic) bond motifs is 1. The van der Waals surface area contributed by atoms with E-state index in [9.17, 15) is 9.90 Å². The molecule has 2 aromatic heterocycles. The van der Waals surface area contributed by atoms with Crippen LogP contribution in [0.3, 0.4) is 0 Å². The van der Waals surface area contributed by atoms with Crippen LogP contribution in [0.4, 0.5) is 5.95 Å². The number of phenols is 1. The van der Waals surface area contributed by atoms with Crippen LogP contribution in [-0.2, 0) is 6.54 Å². The topological polar surface area (TPSA) is 92.4 Å². The molecule has 2 N–H and O–H groups in total. The maximum absolute atomic E-state index is 12.7. The second-order valence-corrected chi connectivity index (χ2v) is 7.79. The molecule has 30 heavy (non-hydrogen) atoms. The van der Waals surface area contributed by atoms with Crippen LogP contribution in [0.5, 0.6) is 5.75 Å². The van der Waals surface area contributed by atoms with Gasteiger partial charge in [0.25, 0.3) is 5.56 Å². The standard InChI is InChI=1S/C22H21N5O2S/c1-4-27-21(29)17-7-5-6-8-18(17)24-22(27)26-25-14(3)19-13(2)23-20(30-19)15-9-11-16(28)12-10-15/h5-12,28H,4H2,1-3H3,(H,24,26)/b25-14+. The van der Waals surface area contributed by atoms with Crippen LogP contribution in [0.2, 0.25) is 0 Å². The fourth-order valence-corrected chi connectivity index (χ4v) is 4.21. The predicted octanol–water partition coefficient (Wildman–Crippen LogP) is 4.39. The van der Waals surface area contributed by atoms with E-state index in [4.69, 9.17) is 0 Å². The normalized spacial score (nSPS) is 11.8. The average Bonchev–Trinajstić information content (AvgIpc) is 3.14. The summed E-state index contributed by atoms with van der Waals surface area (Å²) in [5, 5.41) is 15.4. The number of nitrogens with one attached hydrogen (secondary N) is 1. The molecule has 0 fully saturated rings. The van der Waals surface area contributed by atoms with Crippen LogP contribution in [0.25, 0.3) is 21.5 Å². The predicted molar refractivity (Wildman–Crippen MR) is 121 cm³/mol. The summed E-state index contributed by atoms with van der Waals surface area (Å²) in [6.07, 6.45) is 0. The highest BCUT2D eigenvalue weighted by molar-refractivity contribution is 7.17. The van der Waals surface area contributed by atoms with Gasteiger partial charge in [0.05, 0.1) is 27.2 Å². The zero-order valence-electron chi connectivity index (χ0n) is 16.9. The Hall–Kier alpha value is -3.52. The highest BCUT2D eigenvalue weighted by Gasteiger charge is 2.13. The van der Waals surface area contributed by atoms with Crippen molar-refractivity contribution in [3.63, 3.8) is 0 Å². The minimum absolute atomic E-state index is 0.0953. The van der Waals surface area contributed by atoms with Crippen LogP contribution in [0.1, 0.15) is 24.4 Å². The van der Waals surface area contributed by atoms with Gasteiger partial charge in [-0.15, -0.1) is 11.3 Å². The van der Waals surface area contributed by atoms with Gasteiger partial charge in [-0.1, -0.05) is 12.1 Å². The van der Waals surface area contributed by atoms with Gasteiger partial charge in [0.1, 0.15) is 10.8 Å². The molecule has 0 unspecified atom stereocenters. The number of hydrogen-bond acceptors (Lipinski definition) is 7. The molecular formula is C22H21N5O2S. The van der Waals surface area contributed by atoms with Gasteiger partial charge in [0, 0.05) is 12.1 Å². The van der Waals surface area contributed by atoms with Crippen LogP contribution in [0, 0.1) is 6.92 Å². The summed E-state index contributed by atoms with van der Waals surface area (Å²) in [6, 6.07) is 14.2. The number of nitrogens with zero attached hydrogens (tertiary/aromatic N) is 4. The van der Waals surface area contributed by atoms with Crippen molar-refractivity contribution in [1.82, 2.24) is 14.5 Å². The largest absolute Gasteiger partial charge is 0.508 e. The summed E-state index contributed by atoms with van der Waals surface area (Å²) in [5.41, 5.74) is 6.05. The van der Waals surface area contributed by atoms with Crippen molar-refractivity contribution in [2.45, 2.75) is 27.3 Å². The number of para-hydroxylation sites is 1. The van der Waals surface area contributed by atoms with E-state index in [-0.39, 0.29) is 11.3 Å². The highest BCUT2D eigenvalue weighted by atomic mass is 32.1. The summed E-state index contributed by atoms with van der Waals surface area (Å²) in [4.78, 5) is 22.9. The van der Waals surface area contributed by atoms with Crippen LogP contribution >= 0.6 is 11.3 Å². The van der Waals surface area contributed by atoms with Crippen molar-refractivity contribution < 1.29 is 5.11 Å². The smallest absolute Gasteiger partial charge is 0.262 e. The molecule has 4 rings (SSSR count). The number of thiazole rings is 1. The Morgan fingerprint density at radius 1 is 1.17 bits per heavy atom. The van der Waals surface area contributed by atoms with E-state index >= 15 is 0 Å². The lowest BCUT2D eigenvalue weighted by molar-refractivity contribution is 0.475. The number of rotatable bonds is 5. The third kappa shape index (κ3) is 3.69. The summed E-state index contributed by atoms with van der Waals surface area (Å²) < 4.78 is 1.57. The molecule has 2 heterocycles. The van der Waals surface area contributed by atoms with Crippen LogP contribution < -0.4 is 11.0 Å². The molecule has 0 amide bonds. The Morgan fingerprint density at radius 3 is 2.63 bits per heavy atom. The lowest BCUT2D eigenvalue weighted by Crippen LogP contribution is -2.23. The summed E-state index contributed by atoms with van der Waals surface area (Å²) in [5.74, 6) is 0.625. The van der Waals surface area contributed by atoms with Gasteiger partial charge in [-0.3, -0.25) is 9.36 Å². The Kier molecular flexibility index (Phi) is 5.33. The lowest BCUT2D eigenvalue weighted by atomic mass is 10.2. The summed E-state index contributed by atoms with van der Waals surface area (Å²) >= 11 is 1.52. The molecule has 7 nitrogen and oxygen atoms in total. The molecule has 0 saturated carbocycles. The van der Waals surface area contributed by atoms with E-state index in [2.05, 4.69) is 20.5 Å². The molecule has 0 bridgehead atoms. The Labute approximate surface area is 177 Å². The number of aryl methyl sites for hydroxylation is 1. The Morgan fingerprint density at radius 2 is 1.90 bits per heavy atom. The van der Waals surface area contributed by atoms with Gasteiger partial charge < -0.3 is 5.11 Å². The molecule has 4 aromatic rings. The number of hydrogen-bond donors (Lipinski definition) is 2. The van der Waals surface area contributed by atoms with Crippen LogP contribution in [-0.4, -0.2) is 25.4 Å². The van der Waals surface area contributed by atoms with Gasteiger partial charge >= 0.3 is 0 Å². The average molecular weight is 420 g/mol. The van der Waals surface area contributed by atoms with Crippen LogP contribution in [0.15, 0.2) is 58.4 Å². The van der Waals surface area contributed by atoms with Crippen molar-refractivity contribution >= 4 is 33.9 Å². The number of aromatic nitrogens is 3. The first-order valence-corrected chi connectivity index (χ1v) is 10.4. The second kappa shape index (κ2) is 8.08. The fourth-order valence-electron chi connectivity index (χ4n) is 3.19.